The molecule has 1 N–H and O–H groups in total. The molecule has 1 heterocycles. The number of rotatable bonds is 3. The number of carboxylic acids is 1. The number of amides is 1. The third kappa shape index (κ3) is 2.32. The van der Waals surface area contributed by atoms with E-state index in [1.807, 2.05) is 0 Å². The van der Waals surface area contributed by atoms with Crippen molar-refractivity contribution in [2.75, 3.05) is 13.7 Å². The number of carbonyl (C=O) groups excluding carboxylic acids is 1. The molecule has 2 aliphatic rings. The first-order chi connectivity index (χ1) is 10.5. The number of benzene rings is 1. The lowest BCUT2D eigenvalue weighted by Crippen LogP contribution is -2.43. The normalized spacial score (nSPS) is 26.8. The summed E-state index contributed by atoms with van der Waals surface area (Å²) in [5.41, 5.74) is 0.0775. The quantitative estimate of drug-likeness (QED) is 0.929. The van der Waals surface area contributed by atoms with Gasteiger partial charge >= 0.3 is 5.97 Å². The van der Waals surface area contributed by atoms with Gasteiger partial charge in [-0.15, -0.1) is 0 Å². The van der Waals surface area contributed by atoms with Gasteiger partial charge in [-0.05, 0) is 42.9 Å². The summed E-state index contributed by atoms with van der Waals surface area (Å²) in [7, 11) is 1.40. The van der Waals surface area contributed by atoms with Crippen molar-refractivity contribution in [1.29, 1.82) is 0 Å². The molecule has 0 bridgehead atoms. The zero-order valence-corrected chi connectivity index (χ0v) is 12.3. The van der Waals surface area contributed by atoms with E-state index in [0.717, 1.165) is 25.3 Å². The molecule has 1 saturated carbocycles. The Bertz CT molecular complexity index is 618. The Hall–Kier alpha value is -2.11. The average molecular weight is 307 g/mol. The Morgan fingerprint density at radius 3 is 2.82 bits per heavy atom. The first-order valence-electron chi connectivity index (χ1n) is 7.40. The summed E-state index contributed by atoms with van der Waals surface area (Å²) in [6.07, 6.45) is 2.77. The number of hydrogen-bond donors (Lipinski definition) is 1. The second-order valence-electron chi connectivity index (χ2n) is 5.94. The van der Waals surface area contributed by atoms with E-state index >= 15 is 0 Å². The van der Waals surface area contributed by atoms with E-state index in [1.54, 1.807) is 0 Å². The highest BCUT2D eigenvalue weighted by Crippen LogP contribution is 2.43. The maximum atomic E-state index is 13.5. The number of aliphatic carboxylic acids is 1. The molecule has 1 amide bonds. The van der Waals surface area contributed by atoms with Gasteiger partial charge in [-0.25, -0.2) is 9.18 Å². The molecule has 0 aromatic heterocycles. The number of fused-ring (bicyclic) bond motifs is 1. The molecule has 0 radical (unpaired) electrons. The van der Waals surface area contributed by atoms with Gasteiger partial charge in [0.05, 0.1) is 12.7 Å². The molecule has 1 aliphatic carbocycles. The van der Waals surface area contributed by atoms with Gasteiger partial charge in [0, 0.05) is 6.54 Å². The average Bonchev–Trinajstić information content (AvgIpc) is 3.06. The standard InChI is InChI=1S/C16H18FNO4/c1-22-13-6-5-10(17)7-12(13)15(19)18-8-9-3-2-4-11(9)14(18)16(20)21/h5-7,9,11,14H,2-4,8H2,1H3,(H,20,21)/t9-,11+,14-/m0/s1. The van der Waals surface area contributed by atoms with E-state index in [4.69, 9.17) is 4.74 Å². The van der Waals surface area contributed by atoms with E-state index in [1.165, 1.54) is 24.1 Å². The maximum Gasteiger partial charge on any atom is 0.326 e. The van der Waals surface area contributed by atoms with Crippen LogP contribution in [0, 0.1) is 17.7 Å². The number of ether oxygens (including phenoxy) is 1. The Labute approximate surface area is 127 Å². The molecule has 3 atom stereocenters. The predicted molar refractivity (Wildman–Crippen MR) is 76.2 cm³/mol. The van der Waals surface area contributed by atoms with E-state index < -0.39 is 23.7 Å². The fourth-order valence-corrected chi connectivity index (χ4v) is 3.83. The fraction of sp³-hybridized carbons (Fsp3) is 0.500. The molecule has 0 unspecified atom stereocenters. The van der Waals surface area contributed by atoms with Crippen LogP contribution in [0.25, 0.3) is 0 Å². The summed E-state index contributed by atoms with van der Waals surface area (Å²) in [5.74, 6) is -1.52. The predicted octanol–water partition coefficient (Wildman–Crippen LogP) is 2.16. The monoisotopic (exact) mass is 307 g/mol. The van der Waals surface area contributed by atoms with E-state index in [2.05, 4.69) is 0 Å². The summed E-state index contributed by atoms with van der Waals surface area (Å²) in [6.45, 7) is 0.417. The highest BCUT2D eigenvalue weighted by molar-refractivity contribution is 5.99. The minimum atomic E-state index is -0.988. The van der Waals surface area contributed by atoms with E-state index in [9.17, 15) is 19.1 Å². The van der Waals surface area contributed by atoms with Crippen LogP contribution in [0.1, 0.15) is 29.6 Å². The zero-order chi connectivity index (χ0) is 15.9. The number of methoxy groups -OCH3 is 1. The number of likely N-dealkylation sites (tertiary alicyclic amines) is 1. The van der Waals surface area contributed by atoms with Gasteiger partial charge in [-0.2, -0.15) is 0 Å². The molecule has 5 nitrogen and oxygen atoms in total. The van der Waals surface area contributed by atoms with Crippen molar-refractivity contribution >= 4 is 11.9 Å². The van der Waals surface area contributed by atoms with Crippen LogP contribution >= 0.6 is 0 Å². The smallest absolute Gasteiger partial charge is 0.326 e. The van der Waals surface area contributed by atoms with Gasteiger partial charge in [0.1, 0.15) is 17.6 Å². The van der Waals surface area contributed by atoms with Crippen LogP contribution in [0.4, 0.5) is 4.39 Å². The molecule has 1 saturated heterocycles. The van der Waals surface area contributed by atoms with Crippen LogP contribution in [0.5, 0.6) is 5.75 Å². The van der Waals surface area contributed by atoms with Gasteiger partial charge in [0.25, 0.3) is 5.91 Å². The van der Waals surface area contributed by atoms with E-state index in [-0.39, 0.29) is 23.1 Å². The maximum absolute atomic E-state index is 13.5. The number of halogens is 1. The van der Waals surface area contributed by atoms with E-state index in [0.29, 0.717) is 6.54 Å². The molecule has 3 rings (SSSR count). The van der Waals surface area contributed by atoms with Crippen LogP contribution in [0.15, 0.2) is 18.2 Å². The second kappa shape index (κ2) is 5.59. The highest BCUT2D eigenvalue weighted by Gasteiger charge is 2.49. The minimum absolute atomic E-state index is 0.000930. The van der Waals surface area contributed by atoms with Crippen molar-refractivity contribution in [2.45, 2.75) is 25.3 Å². The van der Waals surface area contributed by atoms with Crippen LogP contribution < -0.4 is 4.74 Å². The van der Waals surface area contributed by atoms with Crippen molar-refractivity contribution in [3.05, 3.63) is 29.6 Å². The van der Waals surface area contributed by atoms with Crippen molar-refractivity contribution < 1.29 is 23.8 Å². The summed E-state index contributed by atoms with van der Waals surface area (Å²) in [5, 5.41) is 9.51. The number of nitrogens with zero attached hydrogens (tertiary/aromatic N) is 1. The highest BCUT2D eigenvalue weighted by atomic mass is 19.1. The Morgan fingerprint density at radius 1 is 1.36 bits per heavy atom. The summed E-state index contributed by atoms with van der Waals surface area (Å²) < 4.78 is 18.6. The van der Waals surface area contributed by atoms with Crippen molar-refractivity contribution in [1.82, 2.24) is 4.90 Å². The molecule has 6 heteroatoms. The molecular weight excluding hydrogens is 289 g/mol. The zero-order valence-electron chi connectivity index (χ0n) is 12.3. The van der Waals surface area contributed by atoms with Gasteiger partial charge < -0.3 is 14.7 Å². The SMILES string of the molecule is COc1ccc(F)cc1C(=O)N1C[C@@H]2CCC[C@H]2[C@H]1C(=O)O. The van der Waals surface area contributed by atoms with Crippen molar-refractivity contribution in [2.24, 2.45) is 11.8 Å². The number of carbonyl (C=O) groups is 2. The van der Waals surface area contributed by atoms with Crippen LogP contribution in [0.3, 0.4) is 0 Å². The molecular formula is C16H18FNO4. The number of carboxylic acid groups (broad SMARTS) is 1. The third-order valence-corrected chi connectivity index (χ3v) is 4.80. The number of hydrogen-bond acceptors (Lipinski definition) is 3. The van der Waals surface area contributed by atoms with Crippen LogP contribution in [0.2, 0.25) is 0 Å². The van der Waals surface area contributed by atoms with Gasteiger partial charge in [0.2, 0.25) is 0 Å². The molecule has 2 fully saturated rings. The summed E-state index contributed by atoms with van der Waals surface area (Å²) in [6, 6.07) is 2.87. The van der Waals surface area contributed by atoms with Crippen molar-refractivity contribution in [3.63, 3.8) is 0 Å². The topological polar surface area (TPSA) is 66.8 Å². The third-order valence-electron chi connectivity index (χ3n) is 4.80. The van der Waals surface area contributed by atoms with Gasteiger partial charge in [-0.3, -0.25) is 4.79 Å². The van der Waals surface area contributed by atoms with Gasteiger partial charge in [0.15, 0.2) is 0 Å². The largest absolute Gasteiger partial charge is 0.496 e. The molecule has 1 aromatic rings. The summed E-state index contributed by atoms with van der Waals surface area (Å²) >= 11 is 0. The minimum Gasteiger partial charge on any atom is -0.496 e. The van der Waals surface area contributed by atoms with Gasteiger partial charge in [-0.1, -0.05) is 6.42 Å². The molecule has 118 valence electrons. The fourth-order valence-electron chi connectivity index (χ4n) is 3.83. The van der Waals surface area contributed by atoms with Crippen LogP contribution in [-0.4, -0.2) is 41.6 Å². The Balaban J connectivity index is 1.94. The lowest BCUT2D eigenvalue weighted by molar-refractivity contribution is -0.142. The Morgan fingerprint density at radius 2 is 2.14 bits per heavy atom. The first kappa shape index (κ1) is 14.8. The molecule has 1 aromatic carbocycles. The summed E-state index contributed by atoms with van der Waals surface area (Å²) in [4.78, 5) is 25.7. The second-order valence-corrected chi connectivity index (χ2v) is 5.94. The van der Waals surface area contributed by atoms with Crippen molar-refractivity contribution in [3.8, 4) is 5.75 Å². The molecule has 1 aliphatic heterocycles. The molecule has 0 spiro atoms. The lowest BCUT2D eigenvalue weighted by Gasteiger charge is -2.25. The lowest BCUT2D eigenvalue weighted by atomic mass is 9.94. The Kier molecular flexibility index (Phi) is 3.76. The first-order valence-corrected chi connectivity index (χ1v) is 7.40. The van der Waals surface area contributed by atoms with Crippen LogP contribution in [-0.2, 0) is 4.79 Å². The molecule has 22 heavy (non-hydrogen) atoms.